The summed E-state index contributed by atoms with van der Waals surface area (Å²) in [5.41, 5.74) is 17.2. The van der Waals surface area contributed by atoms with E-state index in [1.807, 2.05) is 6.92 Å². The molecule has 0 spiro atoms. The molecule has 348 valence electrons. The monoisotopic (exact) mass is 969 g/mol. The summed E-state index contributed by atoms with van der Waals surface area (Å²) in [5, 5.41) is 0.0979. The first kappa shape index (κ1) is 51.6. The number of ether oxygens (including phenoxy) is 3. The van der Waals surface area contributed by atoms with Gasteiger partial charge in [0.1, 0.15) is 52.2 Å². The number of benzene rings is 3. The Hall–Kier alpha value is -7.05. The quantitative estimate of drug-likeness (QED) is 0.0664. The fourth-order valence-electron chi connectivity index (χ4n) is 5.38. The van der Waals surface area contributed by atoms with E-state index >= 15 is 0 Å². The summed E-state index contributed by atoms with van der Waals surface area (Å²) in [5.74, 6) is -2.21. The maximum Gasteiger partial charge on any atom is 0.249 e. The van der Waals surface area contributed by atoms with Crippen LogP contribution in [0.2, 0.25) is 0 Å². The lowest BCUT2D eigenvalue weighted by Crippen LogP contribution is -2.14. The number of nitrogens with zero attached hydrogens (tertiary/aromatic N) is 6. The number of carbonyl (C=O) groups is 3. The number of rotatable bonds is 15. The molecular weight excluding hydrogens is 928 g/mol. The van der Waals surface area contributed by atoms with Gasteiger partial charge in [0, 0.05) is 24.3 Å². The third-order valence-electron chi connectivity index (χ3n) is 8.74. The molecule has 3 heterocycles. The summed E-state index contributed by atoms with van der Waals surface area (Å²) in [6, 6.07) is 10.7. The van der Waals surface area contributed by atoms with Crippen LogP contribution in [0.25, 0.3) is 0 Å². The van der Waals surface area contributed by atoms with E-state index in [-0.39, 0.29) is 79.0 Å². The van der Waals surface area contributed by atoms with Crippen LogP contribution in [0.3, 0.4) is 0 Å². The Bertz CT molecular complexity index is 2910. The van der Waals surface area contributed by atoms with Gasteiger partial charge in [0.05, 0.1) is 71.3 Å². The average molecular weight is 970 g/mol. The zero-order chi connectivity index (χ0) is 48.9. The summed E-state index contributed by atoms with van der Waals surface area (Å²) >= 11 is 1.42. The standard InChI is InChI=1S/C14H14FN3O4S.C14H14FN3O3S.C14H14FN3O2S/c1-3-23(20,21)14-17-7-10(13(16)18-14)12(19)9-6-8(15)4-5-11(9)22-2;1-3-22(20)14-17-7-10(13(16)18-14)12(19)9-6-8(15)4-5-11(9)21-2;1-3-21-14-17-7-10(13(16)18-14)12(19)9-6-8(15)4-5-11(9)20-2/h4-7H,3H2,1-2H3,(H2,16,17,18);4-7H,3H2,1-2H3,(H2,16,17,18);4-7H,3H2,1-2H3,(H2,16,17,18). The van der Waals surface area contributed by atoms with Crippen molar-refractivity contribution >= 4 is 67.2 Å². The van der Waals surface area contributed by atoms with E-state index in [4.69, 9.17) is 31.4 Å². The van der Waals surface area contributed by atoms with Crippen LogP contribution in [0.4, 0.5) is 30.6 Å². The van der Waals surface area contributed by atoms with E-state index in [2.05, 4.69) is 29.9 Å². The minimum Gasteiger partial charge on any atom is -0.496 e. The van der Waals surface area contributed by atoms with Crippen molar-refractivity contribution in [1.29, 1.82) is 0 Å². The second-order valence-electron chi connectivity index (χ2n) is 12.8. The van der Waals surface area contributed by atoms with Crippen LogP contribution in [-0.4, -0.2) is 98.5 Å². The maximum absolute atomic E-state index is 13.4. The van der Waals surface area contributed by atoms with Gasteiger partial charge in [0.2, 0.25) is 37.5 Å². The lowest BCUT2D eigenvalue weighted by Gasteiger charge is -2.09. The van der Waals surface area contributed by atoms with Gasteiger partial charge in [-0.1, -0.05) is 32.5 Å². The second-order valence-corrected chi connectivity index (χ2v) is 17.9. The molecule has 0 aliphatic heterocycles. The molecule has 3 aromatic heterocycles. The lowest BCUT2D eigenvalue weighted by molar-refractivity contribution is 0.102. The van der Waals surface area contributed by atoms with Crippen molar-refractivity contribution in [1.82, 2.24) is 29.9 Å². The van der Waals surface area contributed by atoms with E-state index < -0.39 is 60.6 Å². The number of nitrogens with two attached hydrogens (primary N) is 3. The van der Waals surface area contributed by atoms with Gasteiger partial charge in [-0.05, 0) is 60.4 Å². The normalized spacial score (nSPS) is 11.2. The molecule has 6 rings (SSSR count). The van der Waals surface area contributed by atoms with Gasteiger partial charge in [0.25, 0.3) is 0 Å². The number of aromatic nitrogens is 6. The minimum atomic E-state index is -3.65. The smallest absolute Gasteiger partial charge is 0.249 e. The van der Waals surface area contributed by atoms with Crippen molar-refractivity contribution in [2.24, 2.45) is 0 Å². The van der Waals surface area contributed by atoms with Gasteiger partial charge in [0.15, 0.2) is 5.16 Å². The molecule has 6 N–H and O–H groups in total. The zero-order valence-corrected chi connectivity index (χ0v) is 38.4. The third-order valence-corrected chi connectivity index (χ3v) is 12.1. The van der Waals surface area contributed by atoms with Crippen molar-refractivity contribution in [2.75, 3.05) is 55.8 Å². The summed E-state index contributed by atoms with van der Waals surface area (Å²) in [4.78, 5) is 60.6. The van der Waals surface area contributed by atoms with Crippen molar-refractivity contribution in [3.05, 3.63) is 124 Å². The van der Waals surface area contributed by atoms with E-state index in [1.165, 1.54) is 82.7 Å². The van der Waals surface area contributed by atoms with Gasteiger partial charge >= 0.3 is 0 Å². The molecule has 0 fully saturated rings. The number of methoxy groups -OCH3 is 3. The lowest BCUT2D eigenvalue weighted by atomic mass is 10.0. The molecule has 0 aliphatic rings. The van der Waals surface area contributed by atoms with E-state index in [0.29, 0.717) is 10.9 Å². The first-order valence-electron chi connectivity index (χ1n) is 19.1. The van der Waals surface area contributed by atoms with Crippen molar-refractivity contribution < 1.29 is 54.4 Å². The first-order valence-corrected chi connectivity index (χ1v) is 23.1. The SMILES string of the molecule is CCS(=O)(=O)c1ncc(C(=O)c2cc(F)ccc2OC)c(N)n1.CCS(=O)c1ncc(C(=O)c2cc(F)ccc2OC)c(N)n1.CCSc1ncc(C(=O)c2cc(F)ccc2OC)c(N)n1. The average Bonchev–Trinajstić information content (AvgIpc) is 3.31. The molecule has 0 saturated heterocycles. The maximum atomic E-state index is 13.4. The Kier molecular flexibility index (Phi) is 18.2. The Labute approximate surface area is 383 Å². The molecule has 18 nitrogen and oxygen atoms in total. The fraction of sp³-hybridized carbons (Fsp3) is 0.214. The van der Waals surface area contributed by atoms with Crippen LogP contribution in [0.5, 0.6) is 17.2 Å². The zero-order valence-electron chi connectivity index (χ0n) is 36.0. The van der Waals surface area contributed by atoms with Crippen LogP contribution in [0, 0.1) is 17.5 Å². The summed E-state index contributed by atoms with van der Waals surface area (Å²) < 4.78 is 90.3. The van der Waals surface area contributed by atoms with Crippen LogP contribution < -0.4 is 31.4 Å². The second kappa shape index (κ2) is 23.2. The van der Waals surface area contributed by atoms with Crippen LogP contribution >= 0.6 is 11.8 Å². The molecule has 0 amide bonds. The molecule has 0 saturated carbocycles. The predicted octanol–water partition coefficient (Wildman–Crippen LogP) is 5.35. The molecule has 24 heteroatoms. The highest BCUT2D eigenvalue weighted by molar-refractivity contribution is 7.99. The molecule has 1 unspecified atom stereocenters. The van der Waals surface area contributed by atoms with Crippen molar-refractivity contribution in [3.8, 4) is 17.2 Å². The van der Waals surface area contributed by atoms with Crippen LogP contribution in [-0.2, 0) is 20.6 Å². The molecule has 0 aliphatic carbocycles. The summed E-state index contributed by atoms with van der Waals surface area (Å²) in [6.07, 6.45) is 3.56. The number of sulfone groups is 1. The van der Waals surface area contributed by atoms with Gasteiger partial charge in [-0.2, -0.15) is 0 Å². The highest BCUT2D eigenvalue weighted by atomic mass is 32.2. The van der Waals surface area contributed by atoms with Crippen LogP contribution in [0.1, 0.15) is 68.5 Å². The highest BCUT2D eigenvalue weighted by Crippen LogP contribution is 2.28. The molecule has 0 radical (unpaired) electrons. The van der Waals surface area contributed by atoms with E-state index in [0.717, 1.165) is 36.2 Å². The fourth-order valence-corrected chi connectivity index (χ4v) is 7.27. The largest absolute Gasteiger partial charge is 0.496 e. The van der Waals surface area contributed by atoms with Crippen molar-refractivity contribution in [2.45, 2.75) is 36.2 Å². The Morgan fingerprint density at radius 1 is 0.606 bits per heavy atom. The minimum absolute atomic E-state index is 0.000697. The number of carbonyl (C=O) groups excluding carboxylic acids is 3. The highest BCUT2D eigenvalue weighted by Gasteiger charge is 2.24. The molecule has 0 bridgehead atoms. The first-order chi connectivity index (χ1) is 31.3. The van der Waals surface area contributed by atoms with E-state index in [1.54, 1.807) is 6.92 Å². The molecule has 6 aromatic rings. The van der Waals surface area contributed by atoms with Gasteiger partial charge in [-0.3, -0.25) is 18.6 Å². The Balaban J connectivity index is 0.000000217. The van der Waals surface area contributed by atoms with Gasteiger partial charge < -0.3 is 31.4 Å². The molecule has 3 aromatic carbocycles. The number of anilines is 3. The van der Waals surface area contributed by atoms with Crippen molar-refractivity contribution in [3.63, 3.8) is 0 Å². The third kappa shape index (κ3) is 12.6. The summed E-state index contributed by atoms with van der Waals surface area (Å²) in [7, 11) is -0.906. The predicted molar refractivity (Wildman–Crippen MR) is 240 cm³/mol. The number of ketones is 3. The van der Waals surface area contributed by atoms with Gasteiger partial charge in [-0.25, -0.2) is 51.5 Å². The summed E-state index contributed by atoms with van der Waals surface area (Å²) in [6.45, 7) is 5.11. The Morgan fingerprint density at radius 3 is 1.35 bits per heavy atom. The molecule has 66 heavy (non-hydrogen) atoms. The van der Waals surface area contributed by atoms with Crippen LogP contribution in [0.15, 0.2) is 88.7 Å². The number of nitrogen functional groups attached to an aromatic ring is 3. The molecule has 1 atom stereocenters. The number of hydrogen-bond donors (Lipinski definition) is 3. The number of halogens is 3. The number of hydrogen-bond acceptors (Lipinski definition) is 19. The topological polar surface area (TPSA) is 286 Å². The van der Waals surface area contributed by atoms with E-state index in [9.17, 15) is 40.2 Å². The number of thioether (sulfide) groups is 1. The molecular formula is C42H42F3N9O9S3. The Morgan fingerprint density at radius 2 is 1.00 bits per heavy atom. The van der Waals surface area contributed by atoms with Gasteiger partial charge in [-0.15, -0.1) is 0 Å².